The van der Waals surface area contributed by atoms with Gasteiger partial charge in [-0.25, -0.2) is 0 Å². The number of piperazine rings is 1. The molecule has 3 nitrogen and oxygen atoms in total. The molecule has 3 unspecified atom stereocenters. The lowest BCUT2D eigenvalue weighted by Gasteiger charge is -2.55. The van der Waals surface area contributed by atoms with Crippen LogP contribution in [0.3, 0.4) is 0 Å². The molecule has 1 heterocycles. The number of likely N-dealkylation sites (N-methyl/N-ethyl adjacent to an activating group) is 1. The van der Waals surface area contributed by atoms with E-state index < -0.39 is 0 Å². The first-order valence-corrected chi connectivity index (χ1v) is 8.16. The lowest BCUT2D eigenvalue weighted by molar-refractivity contribution is -0.0496. The van der Waals surface area contributed by atoms with Gasteiger partial charge in [-0.05, 0) is 38.6 Å². The van der Waals surface area contributed by atoms with E-state index in [1.165, 1.54) is 45.3 Å². The van der Waals surface area contributed by atoms with Crippen molar-refractivity contribution in [3.05, 3.63) is 0 Å². The van der Waals surface area contributed by atoms with Crippen molar-refractivity contribution in [1.29, 1.82) is 0 Å². The monoisotopic (exact) mass is 267 g/mol. The summed E-state index contributed by atoms with van der Waals surface area (Å²) in [7, 11) is 2.25. The summed E-state index contributed by atoms with van der Waals surface area (Å²) in [5.41, 5.74) is 6.60. The zero-order valence-corrected chi connectivity index (χ0v) is 13.4. The normalized spacial score (nSPS) is 38.8. The predicted molar refractivity (Wildman–Crippen MR) is 82.2 cm³/mol. The molecule has 1 saturated carbocycles. The largest absolute Gasteiger partial charge is 0.329 e. The minimum Gasteiger partial charge on any atom is -0.329 e. The fourth-order valence-electron chi connectivity index (χ4n) is 4.43. The standard InChI is InChI=1S/C16H33N3/c1-13(2)15-7-5-6-8-16(15,12-17)19-10-9-18(4)14(3)11-19/h13-15H,5-12,17H2,1-4H3. The van der Waals surface area contributed by atoms with Gasteiger partial charge in [0.15, 0.2) is 0 Å². The van der Waals surface area contributed by atoms with Crippen LogP contribution < -0.4 is 5.73 Å². The molecule has 3 heteroatoms. The first-order valence-electron chi connectivity index (χ1n) is 8.16. The van der Waals surface area contributed by atoms with Gasteiger partial charge in [-0.15, -0.1) is 0 Å². The van der Waals surface area contributed by atoms with E-state index in [-0.39, 0.29) is 5.54 Å². The second kappa shape index (κ2) is 6.11. The van der Waals surface area contributed by atoms with Gasteiger partial charge in [-0.3, -0.25) is 4.90 Å². The average Bonchev–Trinajstić information content (AvgIpc) is 2.41. The second-order valence-electron chi connectivity index (χ2n) is 7.18. The Balaban J connectivity index is 2.19. The Morgan fingerprint density at radius 3 is 2.58 bits per heavy atom. The highest BCUT2D eigenvalue weighted by molar-refractivity contribution is 5.02. The van der Waals surface area contributed by atoms with E-state index in [0.29, 0.717) is 6.04 Å². The zero-order chi connectivity index (χ0) is 14.0. The quantitative estimate of drug-likeness (QED) is 0.850. The van der Waals surface area contributed by atoms with Crippen LogP contribution in [0.5, 0.6) is 0 Å². The van der Waals surface area contributed by atoms with Crippen LogP contribution in [-0.2, 0) is 0 Å². The van der Waals surface area contributed by atoms with Crippen molar-refractivity contribution in [2.24, 2.45) is 17.6 Å². The van der Waals surface area contributed by atoms with Crippen LogP contribution in [0, 0.1) is 11.8 Å². The first kappa shape index (κ1) is 15.3. The van der Waals surface area contributed by atoms with Crippen molar-refractivity contribution >= 4 is 0 Å². The van der Waals surface area contributed by atoms with Gasteiger partial charge >= 0.3 is 0 Å². The molecule has 0 aromatic rings. The van der Waals surface area contributed by atoms with E-state index in [1.54, 1.807) is 0 Å². The van der Waals surface area contributed by atoms with Gasteiger partial charge in [0.25, 0.3) is 0 Å². The van der Waals surface area contributed by atoms with Gasteiger partial charge in [-0.2, -0.15) is 0 Å². The van der Waals surface area contributed by atoms with Crippen LogP contribution in [0.1, 0.15) is 46.5 Å². The van der Waals surface area contributed by atoms with Crippen molar-refractivity contribution in [3.8, 4) is 0 Å². The highest BCUT2D eigenvalue weighted by atomic mass is 15.3. The van der Waals surface area contributed by atoms with Crippen molar-refractivity contribution in [3.63, 3.8) is 0 Å². The summed E-state index contributed by atoms with van der Waals surface area (Å²) in [6, 6.07) is 0.659. The third-order valence-corrected chi connectivity index (χ3v) is 5.81. The smallest absolute Gasteiger partial charge is 0.0363 e. The second-order valence-corrected chi connectivity index (χ2v) is 7.18. The summed E-state index contributed by atoms with van der Waals surface area (Å²) in [5, 5.41) is 0. The van der Waals surface area contributed by atoms with Crippen molar-refractivity contribution in [2.45, 2.75) is 58.0 Å². The SMILES string of the molecule is CC(C)C1CCCCC1(CN)N1CCN(C)C(C)C1. The summed E-state index contributed by atoms with van der Waals surface area (Å²) < 4.78 is 0. The topological polar surface area (TPSA) is 32.5 Å². The Labute approximate surface area is 119 Å². The molecule has 1 aliphatic heterocycles. The Kier molecular flexibility index (Phi) is 4.91. The molecule has 0 bridgehead atoms. The Hall–Kier alpha value is -0.120. The first-order chi connectivity index (χ1) is 9.01. The lowest BCUT2D eigenvalue weighted by atomic mass is 9.66. The highest BCUT2D eigenvalue weighted by Gasteiger charge is 2.46. The van der Waals surface area contributed by atoms with Crippen LogP contribution in [-0.4, -0.2) is 54.6 Å². The molecule has 19 heavy (non-hydrogen) atoms. The Bertz CT molecular complexity index is 292. The molecule has 112 valence electrons. The zero-order valence-electron chi connectivity index (χ0n) is 13.4. The van der Waals surface area contributed by atoms with E-state index in [9.17, 15) is 0 Å². The predicted octanol–water partition coefficient (Wildman–Crippen LogP) is 2.17. The molecule has 1 saturated heterocycles. The summed E-state index contributed by atoms with van der Waals surface area (Å²) >= 11 is 0. The van der Waals surface area contributed by atoms with Gasteiger partial charge in [-0.1, -0.05) is 26.7 Å². The van der Waals surface area contributed by atoms with Gasteiger partial charge in [0.1, 0.15) is 0 Å². The lowest BCUT2D eigenvalue weighted by Crippen LogP contribution is -2.66. The fourth-order valence-corrected chi connectivity index (χ4v) is 4.43. The molecule has 2 rings (SSSR count). The van der Waals surface area contributed by atoms with Gasteiger partial charge in [0, 0.05) is 37.8 Å². The number of nitrogens with zero attached hydrogens (tertiary/aromatic N) is 2. The van der Waals surface area contributed by atoms with E-state index in [2.05, 4.69) is 37.6 Å². The number of hydrogen-bond acceptors (Lipinski definition) is 3. The Morgan fingerprint density at radius 2 is 2.00 bits per heavy atom. The highest BCUT2D eigenvalue weighted by Crippen LogP contribution is 2.42. The van der Waals surface area contributed by atoms with Crippen molar-refractivity contribution < 1.29 is 0 Å². The van der Waals surface area contributed by atoms with Crippen LogP contribution in [0.25, 0.3) is 0 Å². The van der Waals surface area contributed by atoms with E-state index >= 15 is 0 Å². The molecule has 0 aromatic heterocycles. The van der Waals surface area contributed by atoms with Crippen molar-refractivity contribution in [2.75, 3.05) is 33.2 Å². The Morgan fingerprint density at radius 1 is 1.26 bits per heavy atom. The van der Waals surface area contributed by atoms with Gasteiger partial charge in [0.2, 0.25) is 0 Å². The molecule has 2 N–H and O–H groups in total. The molecule has 3 atom stereocenters. The molecule has 1 aliphatic carbocycles. The minimum atomic E-state index is 0.280. The molecule has 0 spiro atoms. The molecule has 0 amide bonds. The summed E-state index contributed by atoms with van der Waals surface area (Å²) in [5.74, 6) is 1.53. The van der Waals surface area contributed by atoms with E-state index in [0.717, 1.165) is 18.4 Å². The van der Waals surface area contributed by atoms with Crippen LogP contribution >= 0.6 is 0 Å². The van der Waals surface area contributed by atoms with Gasteiger partial charge in [0.05, 0.1) is 0 Å². The van der Waals surface area contributed by atoms with Crippen LogP contribution in [0.15, 0.2) is 0 Å². The molecule has 2 fully saturated rings. The van der Waals surface area contributed by atoms with Crippen LogP contribution in [0.4, 0.5) is 0 Å². The van der Waals surface area contributed by atoms with Crippen molar-refractivity contribution in [1.82, 2.24) is 9.80 Å². The van der Waals surface area contributed by atoms with E-state index in [1.807, 2.05) is 0 Å². The maximum absolute atomic E-state index is 6.32. The number of rotatable bonds is 3. The summed E-state index contributed by atoms with van der Waals surface area (Å²) in [4.78, 5) is 5.23. The summed E-state index contributed by atoms with van der Waals surface area (Å²) in [6.07, 6.45) is 5.44. The maximum atomic E-state index is 6.32. The molecule has 0 radical (unpaired) electrons. The average molecular weight is 267 g/mol. The van der Waals surface area contributed by atoms with Crippen LogP contribution in [0.2, 0.25) is 0 Å². The number of nitrogens with two attached hydrogens (primary N) is 1. The molecule has 0 aromatic carbocycles. The number of hydrogen-bond donors (Lipinski definition) is 1. The molecular formula is C16H33N3. The molecule has 2 aliphatic rings. The van der Waals surface area contributed by atoms with E-state index in [4.69, 9.17) is 5.73 Å². The third kappa shape index (κ3) is 2.84. The molecular weight excluding hydrogens is 234 g/mol. The van der Waals surface area contributed by atoms with Gasteiger partial charge < -0.3 is 10.6 Å². The minimum absolute atomic E-state index is 0.280. The summed E-state index contributed by atoms with van der Waals surface area (Å²) in [6.45, 7) is 11.5. The maximum Gasteiger partial charge on any atom is 0.0363 e. The fraction of sp³-hybridized carbons (Fsp3) is 1.00. The third-order valence-electron chi connectivity index (χ3n) is 5.81.